The molecule has 0 aromatic heterocycles. The summed E-state index contributed by atoms with van der Waals surface area (Å²) in [6, 6.07) is 4.14. The molecule has 0 amide bonds. The molecule has 0 aliphatic heterocycles. The van der Waals surface area contributed by atoms with Crippen molar-refractivity contribution in [1.82, 2.24) is 0 Å². The highest BCUT2D eigenvalue weighted by molar-refractivity contribution is 5.45. The normalized spacial score (nSPS) is 37.0. The van der Waals surface area contributed by atoms with Crippen LogP contribution in [0.25, 0.3) is 0 Å². The van der Waals surface area contributed by atoms with Crippen molar-refractivity contribution in [1.29, 1.82) is 0 Å². The highest BCUT2D eigenvalue weighted by Crippen LogP contribution is 2.61. The van der Waals surface area contributed by atoms with E-state index in [4.69, 9.17) is 0 Å². The standard InChI is InChI=1S/C24H32O2/c1-14-11-22(26)15(2)10-19(14)23(20-13-17-7-8-18(20)12-17)24(4)9-5-6-21(25)16(24)3/h5-6,9-11,16-18,20,23,25-26H,7-8,12-13H2,1-4H3. The monoisotopic (exact) mass is 352 g/mol. The smallest absolute Gasteiger partial charge is 0.118 e. The highest BCUT2D eigenvalue weighted by Gasteiger charge is 2.51. The Balaban J connectivity index is 1.85. The average molecular weight is 353 g/mol. The Labute approximate surface area is 157 Å². The maximum Gasteiger partial charge on any atom is 0.118 e. The summed E-state index contributed by atoms with van der Waals surface area (Å²) in [6.45, 7) is 8.62. The highest BCUT2D eigenvalue weighted by atomic mass is 16.3. The minimum atomic E-state index is -0.109. The zero-order valence-corrected chi connectivity index (χ0v) is 16.5. The van der Waals surface area contributed by atoms with Crippen LogP contribution in [0.2, 0.25) is 0 Å². The van der Waals surface area contributed by atoms with E-state index in [2.05, 4.69) is 32.9 Å². The molecule has 2 N–H and O–H groups in total. The molecule has 0 saturated heterocycles. The second-order valence-corrected chi connectivity index (χ2v) is 9.35. The van der Waals surface area contributed by atoms with E-state index >= 15 is 0 Å². The lowest BCUT2D eigenvalue weighted by Crippen LogP contribution is -2.39. The van der Waals surface area contributed by atoms with Gasteiger partial charge in [-0.2, -0.15) is 0 Å². The van der Waals surface area contributed by atoms with Crippen LogP contribution in [0.5, 0.6) is 5.75 Å². The molecule has 2 nitrogen and oxygen atoms in total. The lowest BCUT2D eigenvalue weighted by atomic mass is 9.57. The molecule has 1 aromatic carbocycles. The molecule has 2 fully saturated rings. The van der Waals surface area contributed by atoms with Gasteiger partial charge in [-0.15, -0.1) is 0 Å². The van der Waals surface area contributed by atoms with Gasteiger partial charge in [0.2, 0.25) is 0 Å². The number of allylic oxidation sites excluding steroid dienone is 4. The first-order valence-corrected chi connectivity index (χ1v) is 10.2. The van der Waals surface area contributed by atoms with Crippen LogP contribution in [0.15, 0.2) is 36.1 Å². The molecule has 2 heteroatoms. The number of aryl methyl sites for hydroxylation is 2. The molecule has 0 radical (unpaired) electrons. The summed E-state index contributed by atoms with van der Waals surface area (Å²) in [4.78, 5) is 0. The predicted molar refractivity (Wildman–Crippen MR) is 106 cm³/mol. The van der Waals surface area contributed by atoms with Crippen LogP contribution in [0.1, 0.15) is 62.1 Å². The maximum absolute atomic E-state index is 10.5. The molecule has 2 saturated carbocycles. The van der Waals surface area contributed by atoms with E-state index in [9.17, 15) is 10.2 Å². The summed E-state index contributed by atoms with van der Waals surface area (Å²) in [5.41, 5.74) is 3.39. The Kier molecular flexibility index (Phi) is 4.21. The van der Waals surface area contributed by atoms with Crippen molar-refractivity contribution >= 4 is 0 Å². The second kappa shape index (κ2) is 6.18. The third kappa shape index (κ3) is 2.61. The maximum atomic E-state index is 10.5. The first kappa shape index (κ1) is 17.7. The van der Waals surface area contributed by atoms with Crippen LogP contribution in [0.3, 0.4) is 0 Å². The van der Waals surface area contributed by atoms with Gasteiger partial charge >= 0.3 is 0 Å². The molecule has 140 valence electrons. The summed E-state index contributed by atoms with van der Waals surface area (Å²) in [6.07, 6.45) is 11.7. The van der Waals surface area contributed by atoms with Gasteiger partial charge in [-0.25, -0.2) is 0 Å². The summed E-state index contributed by atoms with van der Waals surface area (Å²) in [5.74, 6) is 3.73. The van der Waals surface area contributed by atoms with Gasteiger partial charge in [-0.05, 0) is 85.6 Å². The van der Waals surface area contributed by atoms with Crippen molar-refractivity contribution in [3.63, 3.8) is 0 Å². The Bertz CT molecular complexity index is 775. The van der Waals surface area contributed by atoms with E-state index in [1.807, 2.05) is 25.1 Å². The molecule has 0 spiro atoms. The number of aromatic hydroxyl groups is 1. The second-order valence-electron chi connectivity index (χ2n) is 9.35. The van der Waals surface area contributed by atoms with Crippen molar-refractivity contribution in [2.75, 3.05) is 0 Å². The molecule has 6 unspecified atom stereocenters. The van der Waals surface area contributed by atoms with Crippen molar-refractivity contribution < 1.29 is 10.2 Å². The molecule has 3 aliphatic carbocycles. The molecule has 4 rings (SSSR count). The Morgan fingerprint density at radius 2 is 1.85 bits per heavy atom. The lowest BCUT2D eigenvalue weighted by Gasteiger charge is -2.47. The molecular weight excluding hydrogens is 320 g/mol. The predicted octanol–water partition coefficient (Wildman–Crippen LogP) is 6.18. The summed E-state index contributed by atoms with van der Waals surface area (Å²) in [5, 5.41) is 20.7. The van der Waals surface area contributed by atoms with Gasteiger partial charge in [0.1, 0.15) is 5.75 Å². The Morgan fingerprint density at radius 1 is 1.08 bits per heavy atom. The SMILES string of the molecule is Cc1cc(C(C2CC3CCC2C3)C2(C)C=CC=C(O)C2C)c(C)cc1O. The van der Waals surface area contributed by atoms with E-state index in [0.717, 1.165) is 17.4 Å². The molecule has 0 heterocycles. The van der Waals surface area contributed by atoms with Crippen molar-refractivity contribution in [3.8, 4) is 5.75 Å². The van der Waals surface area contributed by atoms with E-state index in [1.54, 1.807) is 0 Å². The minimum Gasteiger partial charge on any atom is -0.512 e. The van der Waals surface area contributed by atoms with Crippen molar-refractivity contribution in [2.45, 2.75) is 59.3 Å². The number of hydrogen-bond donors (Lipinski definition) is 2. The van der Waals surface area contributed by atoms with Gasteiger partial charge in [0.15, 0.2) is 0 Å². The van der Waals surface area contributed by atoms with Gasteiger partial charge in [-0.1, -0.05) is 38.5 Å². The van der Waals surface area contributed by atoms with Crippen molar-refractivity contribution in [3.05, 3.63) is 52.8 Å². The molecule has 2 bridgehead atoms. The van der Waals surface area contributed by atoms with Gasteiger partial charge in [0.05, 0.1) is 5.76 Å². The van der Waals surface area contributed by atoms with Crippen molar-refractivity contribution in [2.24, 2.45) is 29.1 Å². The number of hydrogen-bond acceptors (Lipinski definition) is 2. The summed E-state index contributed by atoms with van der Waals surface area (Å²) >= 11 is 0. The lowest BCUT2D eigenvalue weighted by molar-refractivity contribution is 0.120. The van der Waals surface area contributed by atoms with Gasteiger partial charge in [0.25, 0.3) is 0 Å². The Morgan fingerprint density at radius 3 is 2.50 bits per heavy atom. The molecule has 6 atom stereocenters. The quantitative estimate of drug-likeness (QED) is 0.681. The third-order valence-electron chi connectivity index (χ3n) is 7.91. The van der Waals surface area contributed by atoms with Crippen LogP contribution < -0.4 is 0 Å². The third-order valence-corrected chi connectivity index (χ3v) is 7.91. The van der Waals surface area contributed by atoms with E-state index in [0.29, 0.717) is 23.3 Å². The fourth-order valence-electron chi connectivity index (χ4n) is 6.22. The number of benzene rings is 1. The zero-order chi connectivity index (χ0) is 18.6. The first-order valence-electron chi connectivity index (χ1n) is 10.2. The van der Waals surface area contributed by atoms with Crippen LogP contribution in [-0.2, 0) is 0 Å². The van der Waals surface area contributed by atoms with Gasteiger partial charge in [-0.3, -0.25) is 0 Å². The van der Waals surface area contributed by atoms with E-state index < -0.39 is 0 Å². The van der Waals surface area contributed by atoms with E-state index in [1.165, 1.54) is 36.8 Å². The fraction of sp³-hybridized carbons (Fsp3) is 0.583. The molecular formula is C24H32O2. The van der Waals surface area contributed by atoms with E-state index in [-0.39, 0.29) is 11.3 Å². The zero-order valence-electron chi connectivity index (χ0n) is 16.5. The summed E-state index contributed by atoms with van der Waals surface area (Å²) < 4.78 is 0. The van der Waals surface area contributed by atoms with Crippen LogP contribution in [0, 0.1) is 42.9 Å². The van der Waals surface area contributed by atoms with Gasteiger partial charge in [0, 0.05) is 11.3 Å². The molecule has 3 aliphatic rings. The number of phenols is 1. The first-order chi connectivity index (χ1) is 12.3. The fourth-order valence-corrected chi connectivity index (χ4v) is 6.22. The number of rotatable bonds is 3. The minimum absolute atomic E-state index is 0.102. The van der Waals surface area contributed by atoms with Gasteiger partial charge < -0.3 is 10.2 Å². The van der Waals surface area contributed by atoms with Crippen LogP contribution in [0.4, 0.5) is 0 Å². The topological polar surface area (TPSA) is 40.5 Å². The number of phenolic OH excluding ortho intramolecular Hbond substituents is 1. The largest absolute Gasteiger partial charge is 0.512 e. The number of fused-ring (bicyclic) bond motifs is 2. The van der Waals surface area contributed by atoms with Crippen LogP contribution >= 0.6 is 0 Å². The summed E-state index contributed by atoms with van der Waals surface area (Å²) in [7, 11) is 0. The number of aliphatic hydroxyl groups is 1. The average Bonchev–Trinajstić information content (AvgIpc) is 3.21. The number of aliphatic hydroxyl groups excluding tert-OH is 1. The molecule has 26 heavy (non-hydrogen) atoms. The Hall–Kier alpha value is -1.70. The molecule has 1 aromatic rings. The van der Waals surface area contributed by atoms with Crippen LogP contribution in [-0.4, -0.2) is 10.2 Å².